The van der Waals surface area contributed by atoms with Crippen molar-refractivity contribution >= 4 is 16.6 Å². The van der Waals surface area contributed by atoms with Gasteiger partial charge in [-0.2, -0.15) is 13.2 Å². The first kappa shape index (κ1) is 19.5. The molecular weight excluding hydrogens is 367 g/mol. The van der Waals surface area contributed by atoms with E-state index in [0.717, 1.165) is 37.7 Å². The van der Waals surface area contributed by atoms with Crippen molar-refractivity contribution in [1.82, 2.24) is 9.88 Å². The third-order valence-corrected chi connectivity index (χ3v) is 5.97. The Labute approximate surface area is 163 Å². The standard InChI is InChI=1S/C21H26F3N3O/c1-14-12-27(13-19(28-14)15-7-10-26(2)11-8-15)18-6-5-17(21(22,23)24)20-16(18)4-3-9-25-20/h3-6,9,14-15,19H,7-8,10-13H2,1-2H3/t14-,19+/m1/s1. The minimum atomic E-state index is -4.42. The van der Waals surface area contributed by atoms with E-state index in [4.69, 9.17) is 4.74 Å². The molecule has 2 aliphatic heterocycles. The molecule has 0 aliphatic carbocycles. The maximum Gasteiger partial charge on any atom is 0.418 e. The fraction of sp³-hybridized carbons (Fsp3) is 0.571. The highest BCUT2D eigenvalue weighted by Crippen LogP contribution is 2.38. The number of alkyl halides is 3. The van der Waals surface area contributed by atoms with Crippen LogP contribution < -0.4 is 4.90 Å². The molecule has 28 heavy (non-hydrogen) atoms. The van der Waals surface area contributed by atoms with Gasteiger partial charge in [-0.25, -0.2) is 0 Å². The topological polar surface area (TPSA) is 28.6 Å². The van der Waals surface area contributed by atoms with E-state index in [1.807, 2.05) is 6.92 Å². The first-order valence-corrected chi connectivity index (χ1v) is 9.87. The van der Waals surface area contributed by atoms with E-state index in [-0.39, 0.29) is 17.7 Å². The van der Waals surface area contributed by atoms with Crippen LogP contribution in [-0.4, -0.2) is 55.3 Å². The molecule has 7 heteroatoms. The van der Waals surface area contributed by atoms with E-state index in [0.29, 0.717) is 24.4 Å². The second kappa shape index (κ2) is 7.52. The molecule has 0 N–H and O–H groups in total. The van der Waals surface area contributed by atoms with E-state index >= 15 is 0 Å². The predicted molar refractivity (Wildman–Crippen MR) is 104 cm³/mol. The van der Waals surface area contributed by atoms with Crippen LogP contribution >= 0.6 is 0 Å². The van der Waals surface area contributed by atoms with Gasteiger partial charge in [0.05, 0.1) is 23.3 Å². The number of rotatable bonds is 2. The maximum atomic E-state index is 13.4. The minimum absolute atomic E-state index is 0.0162. The summed E-state index contributed by atoms with van der Waals surface area (Å²) >= 11 is 0. The smallest absolute Gasteiger partial charge is 0.371 e. The molecule has 4 nitrogen and oxygen atoms in total. The summed E-state index contributed by atoms with van der Waals surface area (Å²) in [5.41, 5.74) is 0.145. The van der Waals surface area contributed by atoms with Crippen molar-refractivity contribution in [2.45, 2.75) is 38.1 Å². The van der Waals surface area contributed by atoms with E-state index < -0.39 is 11.7 Å². The van der Waals surface area contributed by atoms with Crippen LogP contribution in [0.1, 0.15) is 25.3 Å². The number of ether oxygens (including phenoxy) is 1. The van der Waals surface area contributed by atoms with Crippen molar-refractivity contribution in [2.75, 3.05) is 38.1 Å². The number of aromatic nitrogens is 1. The first-order chi connectivity index (χ1) is 13.3. The predicted octanol–water partition coefficient (Wildman–Crippen LogP) is 4.19. The van der Waals surface area contributed by atoms with Crippen LogP contribution in [0.25, 0.3) is 10.9 Å². The highest BCUT2D eigenvalue weighted by atomic mass is 19.4. The number of nitrogens with zero attached hydrogens (tertiary/aromatic N) is 3. The van der Waals surface area contributed by atoms with Crippen LogP contribution in [0.3, 0.4) is 0 Å². The monoisotopic (exact) mass is 393 g/mol. The Morgan fingerprint density at radius 2 is 1.86 bits per heavy atom. The van der Waals surface area contributed by atoms with Crippen LogP contribution in [0.5, 0.6) is 0 Å². The Morgan fingerprint density at radius 3 is 2.57 bits per heavy atom. The van der Waals surface area contributed by atoms with Gasteiger partial charge in [-0.05, 0) is 70.1 Å². The summed E-state index contributed by atoms with van der Waals surface area (Å²) in [4.78, 5) is 8.57. The van der Waals surface area contributed by atoms with Gasteiger partial charge in [0, 0.05) is 30.4 Å². The van der Waals surface area contributed by atoms with Crippen LogP contribution in [0.4, 0.5) is 18.9 Å². The second-order valence-corrected chi connectivity index (χ2v) is 8.06. The summed E-state index contributed by atoms with van der Waals surface area (Å²) in [6, 6.07) is 6.19. The van der Waals surface area contributed by atoms with Crippen molar-refractivity contribution < 1.29 is 17.9 Å². The molecule has 2 fully saturated rings. The summed E-state index contributed by atoms with van der Waals surface area (Å²) in [6.45, 7) is 5.53. The van der Waals surface area contributed by atoms with Gasteiger partial charge in [-0.15, -0.1) is 0 Å². The van der Waals surface area contributed by atoms with Crippen LogP contribution in [0.2, 0.25) is 0 Å². The highest BCUT2D eigenvalue weighted by molar-refractivity contribution is 5.94. The van der Waals surface area contributed by atoms with Crippen molar-refractivity contribution in [3.63, 3.8) is 0 Å². The fourth-order valence-electron chi connectivity index (χ4n) is 4.51. The number of likely N-dealkylation sites (tertiary alicyclic amines) is 1. The summed E-state index contributed by atoms with van der Waals surface area (Å²) in [6.07, 6.45) is -0.669. The van der Waals surface area contributed by atoms with Gasteiger partial charge < -0.3 is 14.5 Å². The zero-order valence-electron chi connectivity index (χ0n) is 16.2. The lowest BCUT2D eigenvalue weighted by Crippen LogP contribution is -2.51. The van der Waals surface area contributed by atoms with Gasteiger partial charge >= 0.3 is 6.18 Å². The Kier molecular flexibility index (Phi) is 5.22. The second-order valence-electron chi connectivity index (χ2n) is 8.06. The van der Waals surface area contributed by atoms with Crippen LogP contribution in [0, 0.1) is 5.92 Å². The lowest BCUT2D eigenvalue weighted by molar-refractivity contribution is -0.136. The molecular formula is C21H26F3N3O. The van der Waals surface area contributed by atoms with Gasteiger partial charge in [0.15, 0.2) is 0 Å². The Morgan fingerprint density at radius 1 is 1.11 bits per heavy atom. The number of pyridine rings is 1. The summed E-state index contributed by atoms with van der Waals surface area (Å²) in [5, 5.41) is 0.550. The molecule has 2 aromatic rings. The van der Waals surface area contributed by atoms with E-state index in [9.17, 15) is 13.2 Å². The largest absolute Gasteiger partial charge is 0.418 e. The van der Waals surface area contributed by atoms with Gasteiger partial charge in [-0.3, -0.25) is 4.98 Å². The van der Waals surface area contributed by atoms with Crippen molar-refractivity contribution in [1.29, 1.82) is 0 Å². The zero-order valence-corrected chi connectivity index (χ0v) is 16.2. The van der Waals surface area contributed by atoms with Gasteiger partial charge in [-0.1, -0.05) is 0 Å². The summed E-state index contributed by atoms with van der Waals surface area (Å²) in [7, 11) is 2.13. The van der Waals surface area contributed by atoms with Crippen LogP contribution in [-0.2, 0) is 10.9 Å². The number of benzene rings is 1. The molecule has 0 unspecified atom stereocenters. The molecule has 1 aromatic heterocycles. The lowest BCUT2D eigenvalue weighted by atomic mass is 9.90. The number of hydrogen-bond acceptors (Lipinski definition) is 4. The van der Waals surface area contributed by atoms with Gasteiger partial charge in [0.25, 0.3) is 0 Å². The Hall–Kier alpha value is -1.86. The van der Waals surface area contributed by atoms with Gasteiger partial charge in [0.2, 0.25) is 0 Å². The first-order valence-electron chi connectivity index (χ1n) is 9.87. The average Bonchev–Trinajstić information content (AvgIpc) is 2.66. The molecule has 0 saturated carbocycles. The highest BCUT2D eigenvalue weighted by Gasteiger charge is 2.36. The van der Waals surface area contributed by atoms with Crippen molar-refractivity contribution in [3.8, 4) is 0 Å². The average molecular weight is 393 g/mol. The summed E-state index contributed by atoms with van der Waals surface area (Å²) < 4.78 is 46.5. The molecule has 1 aromatic carbocycles. The molecule has 2 atom stereocenters. The molecule has 2 saturated heterocycles. The number of halogens is 3. The number of fused-ring (bicyclic) bond motifs is 1. The third kappa shape index (κ3) is 3.82. The number of piperidine rings is 1. The maximum absolute atomic E-state index is 13.4. The molecule has 4 rings (SSSR count). The van der Waals surface area contributed by atoms with Crippen molar-refractivity contribution in [3.05, 3.63) is 36.0 Å². The number of morpholine rings is 1. The molecule has 0 bridgehead atoms. The Balaban J connectivity index is 1.65. The third-order valence-electron chi connectivity index (χ3n) is 5.97. The zero-order chi connectivity index (χ0) is 19.9. The van der Waals surface area contributed by atoms with E-state index in [1.54, 1.807) is 18.2 Å². The van der Waals surface area contributed by atoms with Crippen molar-refractivity contribution in [2.24, 2.45) is 5.92 Å². The molecule has 2 aliphatic rings. The van der Waals surface area contributed by atoms with E-state index in [2.05, 4.69) is 21.8 Å². The lowest BCUT2D eigenvalue weighted by Gasteiger charge is -2.43. The molecule has 152 valence electrons. The van der Waals surface area contributed by atoms with Crippen LogP contribution in [0.15, 0.2) is 30.5 Å². The number of hydrogen-bond donors (Lipinski definition) is 0. The quantitative estimate of drug-likeness (QED) is 0.765. The molecule has 0 radical (unpaired) electrons. The minimum Gasteiger partial charge on any atom is -0.371 e. The number of anilines is 1. The normalized spacial score (nSPS) is 25.4. The molecule has 0 amide bonds. The SMILES string of the molecule is C[C@@H]1CN(c2ccc(C(F)(F)F)c3ncccc23)C[C@@H](C2CCN(C)CC2)O1. The Bertz CT molecular complexity index is 833. The fourth-order valence-corrected chi connectivity index (χ4v) is 4.51. The van der Waals surface area contributed by atoms with E-state index in [1.165, 1.54) is 6.20 Å². The summed E-state index contributed by atoms with van der Waals surface area (Å²) in [5.74, 6) is 0.486. The molecule has 3 heterocycles. The van der Waals surface area contributed by atoms with Gasteiger partial charge in [0.1, 0.15) is 0 Å². The molecule has 0 spiro atoms.